The first-order valence-corrected chi connectivity index (χ1v) is 14.6. The predicted octanol–water partition coefficient (Wildman–Crippen LogP) is 5.16. The monoisotopic (exact) mass is 493 g/mol. The number of carbonyl (C=O) groups is 2. The summed E-state index contributed by atoms with van der Waals surface area (Å²) in [4.78, 5) is 25.9. The normalized spacial score (nSPS) is 25.2. The molecule has 1 unspecified atom stereocenters. The molecule has 2 fully saturated rings. The second kappa shape index (κ2) is 8.93. The van der Waals surface area contributed by atoms with Crippen molar-refractivity contribution in [3.63, 3.8) is 0 Å². The number of alkyl halides is 1. The smallest absolute Gasteiger partial charge is 0.328 e. The molecule has 2 atom stereocenters. The van der Waals surface area contributed by atoms with E-state index in [1.165, 1.54) is 32.1 Å². The Morgan fingerprint density at radius 2 is 1.85 bits per heavy atom. The Hall–Kier alpha value is -0.113. The van der Waals surface area contributed by atoms with Crippen molar-refractivity contribution >= 4 is 42.7 Å². The summed E-state index contributed by atoms with van der Waals surface area (Å²) in [5.41, 5.74) is 0. The number of rotatable bonds is 7. The van der Waals surface area contributed by atoms with E-state index in [9.17, 15) is 9.59 Å². The summed E-state index contributed by atoms with van der Waals surface area (Å²) in [5, 5.41) is 0.0266. The second-order valence-electron chi connectivity index (χ2n) is 9.53. The minimum absolute atomic E-state index is 0.0266. The van der Waals surface area contributed by atoms with Crippen LogP contribution in [0, 0.1) is 11.8 Å². The highest BCUT2D eigenvalue weighted by Crippen LogP contribution is 2.46. The third-order valence-electron chi connectivity index (χ3n) is 6.73. The average molecular weight is 494 g/mol. The molecule has 1 aliphatic heterocycles. The van der Waals surface area contributed by atoms with Crippen molar-refractivity contribution in [2.24, 2.45) is 11.8 Å². The van der Waals surface area contributed by atoms with Gasteiger partial charge in [0, 0.05) is 0 Å². The number of hydrogen-bond donors (Lipinski definition) is 0. The van der Waals surface area contributed by atoms with E-state index < -0.39 is 8.24 Å². The molecular weight excluding hydrogens is 457 g/mol. The molecule has 26 heavy (non-hydrogen) atoms. The van der Waals surface area contributed by atoms with Crippen LogP contribution in [0.5, 0.6) is 0 Å². The molecule has 2 rings (SSSR count). The molecule has 1 heterocycles. The third kappa shape index (κ3) is 4.65. The Kier molecular flexibility index (Phi) is 7.61. The van der Waals surface area contributed by atoms with Crippen molar-refractivity contribution in [2.45, 2.75) is 89.9 Å². The average Bonchev–Trinajstić information content (AvgIpc) is 2.57. The topological polar surface area (TPSA) is 46.6 Å². The number of esters is 1. The minimum atomic E-state index is -2.08. The van der Waals surface area contributed by atoms with E-state index in [1.54, 1.807) is 0 Å². The maximum absolute atomic E-state index is 13.0. The zero-order chi connectivity index (χ0) is 19.5. The van der Waals surface area contributed by atoms with Gasteiger partial charge in [0.25, 0.3) is 0 Å². The largest absolute Gasteiger partial charge is 0.464 e. The van der Waals surface area contributed by atoms with E-state index in [1.807, 2.05) is 4.57 Å². The molecule has 0 spiro atoms. The summed E-state index contributed by atoms with van der Waals surface area (Å²) in [7, 11) is -2.08. The maximum atomic E-state index is 13.0. The Labute approximate surface area is 174 Å². The first kappa shape index (κ1) is 22.2. The lowest BCUT2D eigenvalue weighted by atomic mass is 9.86. The van der Waals surface area contributed by atoms with E-state index in [0.29, 0.717) is 12.5 Å². The number of amides is 1. The summed E-state index contributed by atoms with van der Waals surface area (Å²) in [6.07, 6.45) is 7.92. The van der Waals surface area contributed by atoms with Gasteiger partial charge in [-0.2, -0.15) is 0 Å². The van der Waals surface area contributed by atoms with Gasteiger partial charge in [-0.25, -0.2) is 4.79 Å². The van der Waals surface area contributed by atoms with Crippen LogP contribution in [-0.4, -0.2) is 41.8 Å². The van der Waals surface area contributed by atoms with Crippen molar-refractivity contribution in [3.05, 3.63) is 0 Å². The Morgan fingerprint density at radius 1 is 1.23 bits per heavy atom. The number of hydrogen-bond acceptors (Lipinski definition) is 3. The van der Waals surface area contributed by atoms with E-state index in [2.05, 4.69) is 56.5 Å². The fourth-order valence-electron chi connectivity index (χ4n) is 4.02. The molecule has 0 N–H and O–H groups in total. The lowest BCUT2D eigenvalue weighted by Crippen LogP contribution is -2.75. The van der Waals surface area contributed by atoms with Gasteiger partial charge in [0.15, 0.2) is 8.24 Å². The van der Waals surface area contributed by atoms with E-state index in [0.717, 1.165) is 17.3 Å². The molecule has 0 aromatic carbocycles. The van der Waals surface area contributed by atoms with Gasteiger partial charge in [-0.3, -0.25) is 4.79 Å². The van der Waals surface area contributed by atoms with Crippen molar-refractivity contribution < 1.29 is 14.3 Å². The maximum Gasteiger partial charge on any atom is 0.328 e. The minimum Gasteiger partial charge on any atom is -0.464 e. The summed E-state index contributed by atoms with van der Waals surface area (Å²) in [5.74, 6) is 0.370. The lowest BCUT2D eigenvalue weighted by molar-refractivity contribution is -0.169. The van der Waals surface area contributed by atoms with Gasteiger partial charge in [-0.05, 0) is 41.1 Å². The van der Waals surface area contributed by atoms with Crippen LogP contribution in [0.15, 0.2) is 0 Å². The molecule has 150 valence electrons. The molecule has 2 aliphatic rings. The molecule has 0 bridgehead atoms. The molecule has 1 saturated carbocycles. The van der Waals surface area contributed by atoms with E-state index >= 15 is 0 Å². The summed E-state index contributed by atoms with van der Waals surface area (Å²) in [6, 6.07) is -0.352. The molecule has 6 heteroatoms. The van der Waals surface area contributed by atoms with Crippen molar-refractivity contribution in [1.29, 1.82) is 0 Å². The van der Waals surface area contributed by atoms with E-state index in [4.69, 9.17) is 4.74 Å². The molecule has 0 aromatic rings. The molecule has 1 amide bonds. The van der Waals surface area contributed by atoms with Gasteiger partial charge >= 0.3 is 5.97 Å². The van der Waals surface area contributed by atoms with E-state index in [-0.39, 0.29) is 28.9 Å². The molecule has 1 saturated heterocycles. The highest BCUT2D eigenvalue weighted by Gasteiger charge is 2.60. The summed E-state index contributed by atoms with van der Waals surface area (Å²) >= 11 is 2.34. The van der Waals surface area contributed by atoms with Crippen molar-refractivity contribution in [1.82, 2.24) is 4.57 Å². The first-order valence-electron chi connectivity index (χ1n) is 10.2. The van der Waals surface area contributed by atoms with Crippen LogP contribution in [0.1, 0.15) is 65.7 Å². The van der Waals surface area contributed by atoms with Crippen LogP contribution in [0.2, 0.25) is 18.1 Å². The van der Waals surface area contributed by atoms with Crippen LogP contribution >= 0.6 is 22.6 Å². The zero-order valence-corrected chi connectivity index (χ0v) is 20.3. The number of β-lactam (4-membered cyclic amide) rings is 1. The Morgan fingerprint density at radius 3 is 2.38 bits per heavy atom. The molecule has 4 nitrogen and oxygen atoms in total. The Balaban J connectivity index is 2.09. The van der Waals surface area contributed by atoms with Crippen LogP contribution in [-0.2, 0) is 14.3 Å². The van der Waals surface area contributed by atoms with Gasteiger partial charge in [0.2, 0.25) is 5.91 Å². The first-order chi connectivity index (χ1) is 12.1. The van der Waals surface area contributed by atoms with Gasteiger partial charge in [-0.1, -0.05) is 75.7 Å². The third-order valence-corrected chi connectivity index (χ3v) is 12.9. The molecule has 1 aliphatic carbocycles. The summed E-state index contributed by atoms with van der Waals surface area (Å²) < 4.78 is 8.74. The quantitative estimate of drug-likeness (QED) is 0.162. The second-order valence-corrected chi connectivity index (χ2v) is 15.7. The number of ether oxygens (including phenoxy) is 1. The van der Waals surface area contributed by atoms with Crippen LogP contribution in [0.25, 0.3) is 0 Å². The fraction of sp³-hybridized carbons (Fsp3) is 0.900. The van der Waals surface area contributed by atoms with Crippen LogP contribution in [0.4, 0.5) is 0 Å². The van der Waals surface area contributed by atoms with Crippen molar-refractivity contribution in [2.75, 3.05) is 11.0 Å². The Bertz CT molecular complexity index is 512. The SMILES string of the molecule is CC(C)(C)[Si](C)(C)N1C(=O)[C@H](CCCI)C1C(=O)OCC1CCCCC1. The van der Waals surface area contributed by atoms with Gasteiger partial charge in [0.1, 0.15) is 6.04 Å². The molecule has 0 aromatic heterocycles. The van der Waals surface area contributed by atoms with Crippen LogP contribution in [0.3, 0.4) is 0 Å². The molecule has 0 radical (unpaired) electrons. The summed E-state index contributed by atoms with van der Waals surface area (Å²) in [6.45, 7) is 11.5. The lowest BCUT2D eigenvalue weighted by Gasteiger charge is -2.57. The number of carbonyl (C=O) groups excluding carboxylic acids is 2. The predicted molar refractivity (Wildman–Crippen MR) is 117 cm³/mol. The van der Waals surface area contributed by atoms with Gasteiger partial charge in [-0.15, -0.1) is 0 Å². The van der Waals surface area contributed by atoms with Crippen molar-refractivity contribution in [3.8, 4) is 0 Å². The standard InChI is InChI=1S/C20H36INO3Si/c1-20(2,3)26(4,5)22-17(16(18(22)23)12-9-13-21)19(24)25-14-15-10-7-6-8-11-15/h15-17H,6-14H2,1-5H3/t16-,17?/m1/s1. The zero-order valence-electron chi connectivity index (χ0n) is 17.1. The van der Waals surface area contributed by atoms with Gasteiger partial charge < -0.3 is 9.30 Å². The highest BCUT2D eigenvalue weighted by atomic mass is 127. The number of halogens is 1. The van der Waals surface area contributed by atoms with Crippen LogP contribution < -0.4 is 0 Å². The fourth-order valence-corrected chi connectivity index (χ4v) is 6.88. The molecular formula is C20H36INO3Si. The number of nitrogens with zero attached hydrogens (tertiary/aromatic N) is 1. The van der Waals surface area contributed by atoms with Gasteiger partial charge in [0.05, 0.1) is 12.5 Å². The highest BCUT2D eigenvalue weighted by molar-refractivity contribution is 14.1.